The van der Waals surface area contributed by atoms with Gasteiger partial charge in [-0.25, -0.2) is 9.36 Å². The van der Waals surface area contributed by atoms with Crippen molar-refractivity contribution in [3.8, 4) is 0 Å². The zero-order chi connectivity index (χ0) is 36.1. The molecule has 1 saturated heterocycles. The molecule has 0 bridgehead atoms. The molecule has 0 atom stereocenters. The Kier molecular flexibility index (Phi) is 10.0. The Hall–Kier alpha value is -5.52. The lowest BCUT2D eigenvalue weighted by Gasteiger charge is -2.25. The highest BCUT2D eigenvalue weighted by Crippen LogP contribution is 2.30. The molecule has 10 nitrogen and oxygen atoms in total. The van der Waals surface area contributed by atoms with E-state index in [2.05, 4.69) is 163 Å². The summed E-state index contributed by atoms with van der Waals surface area (Å²) in [6.07, 6.45) is 4.23. The van der Waals surface area contributed by atoms with Crippen molar-refractivity contribution in [3.05, 3.63) is 144 Å². The van der Waals surface area contributed by atoms with Crippen LogP contribution in [0.15, 0.2) is 122 Å². The van der Waals surface area contributed by atoms with Gasteiger partial charge in [-0.05, 0) is 66.3 Å². The van der Waals surface area contributed by atoms with Gasteiger partial charge in [0, 0.05) is 65.4 Å². The van der Waals surface area contributed by atoms with Gasteiger partial charge in [-0.15, -0.1) is 10.2 Å². The van der Waals surface area contributed by atoms with Crippen LogP contribution in [0.25, 0.3) is 43.1 Å². The van der Waals surface area contributed by atoms with Crippen molar-refractivity contribution in [3.63, 3.8) is 0 Å². The van der Waals surface area contributed by atoms with Crippen molar-refractivity contribution in [2.45, 2.75) is 26.2 Å². The van der Waals surface area contributed by atoms with Crippen LogP contribution in [0.1, 0.15) is 22.5 Å². The van der Waals surface area contributed by atoms with Crippen molar-refractivity contribution in [2.75, 3.05) is 52.4 Å². The number of rotatable bonds is 8. The number of nitrogens with zero attached hydrogens (tertiary/aromatic N) is 8. The van der Waals surface area contributed by atoms with Gasteiger partial charge in [-0.2, -0.15) is 0 Å². The van der Waals surface area contributed by atoms with Crippen molar-refractivity contribution < 1.29 is 0 Å². The number of hydrogen-bond acceptors (Lipinski definition) is 8. The van der Waals surface area contributed by atoms with Gasteiger partial charge in [-0.1, -0.05) is 107 Å². The van der Waals surface area contributed by atoms with Gasteiger partial charge >= 0.3 is 0 Å². The van der Waals surface area contributed by atoms with E-state index in [0.717, 1.165) is 76.8 Å². The fourth-order valence-electron chi connectivity index (χ4n) is 8.05. The third kappa shape index (κ3) is 7.60. The van der Waals surface area contributed by atoms with Gasteiger partial charge in [0.1, 0.15) is 0 Å². The molecule has 272 valence electrons. The zero-order valence-corrected chi connectivity index (χ0v) is 30.6. The summed E-state index contributed by atoms with van der Waals surface area (Å²) in [4.78, 5) is 4.94. The number of aromatic nitrogens is 6. The molecule has 0 amide bonds. The summed E-state index contributed by atoms with van der Waals surface area (Å²) in [6.45, 7) is 10.4. The largest absolute Gasteiger partial charge is 0.314 e. The Balaban J connectivity index is 0.800. The molecule has 3 heterocycles. The van der Waals surface area contributed by atoms with E-state index >= 15 is 0 Å². The van der Waals surface area contributed by atoms with Gasteiger partial charge in [-0.3, -0.25) is 9.80 Å². The van der Waals surface area contributed by atoms with Crippen LogP contribution in [0.5, 0.6) is 0 Å². The van der Waals surface area contributed by atoms with Crippen molar-refractivity contribution in [1.29, 1.82) is 0 Å². The third-order valence-electron chi connectivity index (χ3n) is 10.8. The first-order valence-electron chi connectivity index (χ1n) is 19.2. The highest BCUT2D eigenvalue weighted by Gasteiger charge is 2.15. The molecule has 1 fully saturated rings. The Morgan fingerprint density at radius 2 is 0.759 bits per heavy atom. The van der Waals surface area contributed by atoms with E-state index in [1.54, 1.807) is 0 Å². The molecule has 1 aliphatic rings. The smallest absolute Gasteiger partial charge is 0.0967 e. The molecular formula is C44H46N10. The Bertz CT molecular complexity index is 2220. The van der Waals surface area contributed by atoms with E-state index in [4.69, 9.17) is 0 Å². The van der Waals surface area contributed by atoms with Gasteiger partial charge in [0.05, 0.1) is 36.9 Å². The molecule has 2 aromatic heterocycles. The molecule has 54 heavy (non-hydrogen) atoms. The SMILES string of the molecule is c1ccc2c(Cn3cc(CN4CCNCCN(Cc5cn(Cc6c7ccccc7cc7ccccc67)nn5)CCNCC4)nn3)c3ccccc3cc2c1. The summed E-state index contributed by atoms with van der Waals surface area (Å²) in [5, 5.41) is 35.8. The second kappa shape index (κ2) is 15.8. The summed E-state index contributed by atoms with van der Waals surface area (Å²) >= 11 is 0. The molecule has 6 aromatic carbocycles. The summed E-state index contributed by atoms with van der Waals surface area (Å²) in [5.74, 6) is 0. The third-order valence-corrected chi connectivity index (χ3v) is 10.8. The number of fused-ring (bicyclic) bond motifs is 4. The molecule has 2 N–H and O–H groups in total. The van der Waals surface area contributed by atoms with Crippen molar-refractivity contribution >= 4 is 43.1 Å². The minimum Gasteiger partial charge on any atom is -0.314 e. The van der Waals surface area contributed by atoms with Gasteiger partial charge in [0.2, 0.25) is 0 Å². The van der Waals surface area contributed by atoms with Gasteiger partial charge in [0.25, 0.3) is 0 Å². The second-order valence-corrected chi connectivity index (χ2v) is 14.5. The maximum absolute atomic E-state index is 4.61. The molecule has 0 spiro atoms. The van der Waals surface area contributed by atoms with E-state index in [1.807, 2.05) is 9.36 Å². The molecule has 0 radical (unpaired) electrons. The molecule has 0 aliphatic carbocycles. The van der Waals surface area contributed by atoms with Crippen molar-refractivity contribution in [2.24, 2.45) is 0 Å². The lowest BCUT2D eigenvalue weighted by molar-refractivity contribution is 0.230. The Labute approximate surface area is 315 Å². The molecular weight excluding hydrogens is 669 g/mol. The van der Waals surface area contributed by atoms with E-state index in [-0.39, 0.29) is 0 Å². The zero-order valence-electron chi connectivity index (χ0n) is 30.6. The summed E-state index contributed by atoms with van der Waals surface area (Å²) in [7, 11) is 0. The van der Waals surface area contributed by atoms with Gasteiger partial charge < -0.3 is 10.6 Å². The first-order chi connectivity index (χ1) is 26.7. The van der Waals surface area contributed by atoms with Crippen LogP contribution in [0.3, 0.4) is 0 Å². The van der Waals surface area contributed by atoms with Crippen molar-refractivity contribution in [1.82, 2.24) is 50.4 Å². The maximum Gasteiger partial charge on any atom is 0.0967 e. The molecule has 8 aromatic rings. The normalized spacial score (nSPS) is 15.6. The van der Waals surface area contributed by atoms with Crippen LogP contribution in [0.4, 0.5) is 0 Å². The predicted molar refractivity (Wildman–Crippen MR) is 217 cm³/mol. The number of hydrogen-bond donors (Lipinski definition) is 2. The minimum absolute atomic E-state index is 0.687. The number of nitrogens with one attached hydrogen (secondary N) is 2. The van der Waals surface area contributed by atoms with E-state index < -0.39 is 0 Å². The predicted octanol–water partition coefficient (Wildman–Crippen LogP) is 6.08. The fourth-order valence-corrected chi connectivity index (χ4v) is 8.05. The maximum atomic E-state index is 4.61. The van der Waals surface area contributed by atoms with Crippen LogP contribution < -0.4 is 10.6 Å². The monoisotopic (exact) mass is 714 g/mol. The first kappa shape index (κ1) is 34.3. The quantitative estimate of drug-likeness (QED) is 0.183. The molecule has 1 aliphatic heterocycles. The van der Waals surface area contributed by atoms with E-state index in [1.165, 1.54) is 54.2 Å². The Morgan fingerprint density at radius 3 is 1.11 bits per heavy atom. The standard InChI is InChI=1S/C44H46N10/c1-5-13-39-33(9-1)25-34-10-2-6-14-40(34)43(39)31-53-29-37(47-49-53)27-51-21-17-45-19-23-52(24-20-46-18-22-51)28-38-30-54(50-48-38)32-44-41-15-7-3-11-35(41)26-36-12-4-8-16-42(36)44/h1-16,25-26,29-30,45-46H,17-24,27-28,31-32H2. The molecule has 9 rings (SSSR count). The van der Waals surface area contributed by atoms with Gasteiger partial charge in [0.15, 0.2) is 0 Å². The molecule has 10 heteroatoms. The summed E-state index contributed by atoms with van der Waals surface area (Å²) < 4.78 is 3.99. The van der Waals surface area contributed by atoms with Crippen LogP contribution >= 0.6 is 0 Å². The van der Waals surface area contributed by atoms with E-state index in [9.17, 15) is 0 Å². The minimum atomic E-state index is 0.687. The molecule has 0 saturated carbocycles. The Morgan fingerprint density at radius 1 is 0.426 bits per heavy atom. The average Bonchev–Trinajstić information content (AvgIpc) is 3.85. The second-order valence-electron chi connectivity index (χ2n) is 14.5. The lowest BCUT2D eigenvalue weighted by atomic mass is 9.97. The first-order valence-corrected chi connectivity index (χ1v) is 19.2. The average molecular weight is 715 g/mol. The fraction of sp³-hybridized carbons (Fsp3) is 0.273. The van der Waals surface area contributed by atoms with Crippen LogP contribution in [0.2, 0.25) is 0 Å². The highest BCUT2D eigenvalue weighted by molar-refractivity contribution is 6.03. The lowest BCUT2D eigenvalue weighted by Crippen LogP contribution is -2.42. The number of benzene rings is 6. The van der Waals surface area contributed by atoms with Crippen LogP contribution in [-0.2, 0) is 26.2 Å². The van der Waals surface area contributed by atoms with Crippen LogP contribution in [0, 0.1) is 0 Å². The molecule has 0 unspecified atom stereocenters. The summed E-state index contributed by atoms with van der Waals surface area (Å²) in [5.41, 5.74) is 4.57. The summed E-state index contributed by atoms with van der Waals surface area (Å²) in [6, 6.07) is 39.1. The highest BCUT2D eigenvalue weighted by atomic mass is 15.4. The van der Waals surface area contributed by atoms with Crippen LogP contribution in [-0.4, -0.2) is 92.1 Å². The van der Waals surface area contributed by atoms with E-state index in [0.29, 0.717) is 13.1 Å². The topological polar surface area (TPSA) is 92.0 Å².